The van der Waals surface area contributed by atoms with E-state index in [4.69, 9.17) is 4.98 Å². The van der Waals surface area contributed by atoms with Crippen LogP contribution in [0.2, 0.25) is 0 Å². The summed E-state index contributed by atoms with van der Waals surface area (Å²) in [6, 6.07) is 6.67. The summed E-state index contributed by atoms with van der Waals surface area (Å²) in [6.45, 7) is 1.56. The molecule has 6 rings (SSSR count). The van der Waals surface area contributed by atoms with Crippen LogP contribution in [0.3, 0.4) is 0 Å². The first-order valence-electron chi connectivity index (χ1n) is 12.9. The molecule has 1 saturated heterocycles. The minimum atomic E-state index is 0.0404. The molecule has 0 radical (unpaired) electrons. The molecule has 36 heavy (non-hydrogen) atoms. The van der Waals surface area contributed by atoms with E-state index in [0.717, 1.165) is 60.7 Å². The fourth-order valence-electron chi connectivity index (χ4n) is 5.74. The molecule has 2 fully saturated rings. The predicted molar refractivity (Wildman–Crippen MR) is 140 cm³/mol. The molecule has 9 nitrogen and oxygen atoms in total. The average Bonchev–Trinajstić information content (AvgIpc) is 3.54. The van der Waals surface area contributed by atoms with Crippen LogP contribution in [0.5, 0.6) is 0 Å². The molecule has 1 N–H and O–H groups in total. The summed E-state index contributed by atoms with van der Waals surface area (Å²) in [5, 5.41) is 5.40. The smallest absolute Gasteiger partial charge is 0.255 e. The second-order valence-corrected chi connectivity index (χ2v) is 10.2. The second-order valence-electron chi connectivity index (χ2n) is 10.2. The van der Waals surface area contributed by atoms with E-state index in [1.54, 1.807) is 6.20 Å². The van der Waals surface area contributed by atoms with Gasteiger partial charge >= 0.3 is 0 Å². The number of hydrogen-bond acceptors (Lipinski definition) is 7. The number of aromatic nitrogens is 5. The first kappa shape index (κ1) is 22.8. The van der Waals surface area contributed by atoms with E-state index in [9.17, 15) is 4.79 Å². The van der Waals surface area contributed by atoms with E-state index in [-0.39, 0.29) is 5.91 Å². The molecule has 9 heteroatoms. The number of carbonyl (C=O) groups excluding carboxylic acids is 1. The van der Waals surface area contributed by atoms with E-state index in [0.29, 0.717) is 29.4 Å². The third kappa shape index (κ3) is 4.17. The van der Waals surface area contributed by atoms with Crippen molar-refractivity contribution in [2.45, 2.75) is 50.6 Å². The van der Waals surface area contributed by atoms with Crippen LogP contribution in [0.4, 0.5) is 11.8 Å². The lowest BCUT2D eigenvalue weighted by atomic mass is 10.0. The Hall–Kier alpha value is -3.59. The van der Waals surface area contributed by atoms with Crippen molar-refractivity contribution in [3.05, 3.63) is 48.5 Å². The number of rotatable bonds is 5. The lowest BCUT2D eigenvalue weighted by Crippen LogP contribution is -2.44. The summed E-state index contributed by atoms with van der Waals surface area (Å²) in [4.78, 5) is 35.5. The normalized spacial score (nSPS) is 17.5. The molecule has 186 valence electrons. The molecule has 0 bridgehead atoms. The summed E-state index contributed by atoms with van der Waals surface area (Å²) >= 11 is 0. The first-order valence-corrected chi connectivity index (χ1v) is 12.9. The minimum absolute atomic E-state index is 0.0404. The Labute approximate surface area is 210 Å². The highest BCUT2D eigenvalue weighted by molar-refractivity contribution is 6.06. The van der Waals surface area contributed by atoms with Gasteiger partial charge in [-0.05, 0) is 58.0 Å². The van der Waals surface area contributed by atoms with Gasteiger partial charge in [-0.15, -0.1) is 0 Å². The molecular formula is C27H32N8O. The zero-order valence-corrected chi connectivity index (χ0v) is 20.9. The average molecular weight is 485 g/mol. The number of hydrogen-bond donors (Lipinski definition) is 1. The van der Waals surface area contributed by atoms with Crippen molar-refractivity contribution in [1.29, 1.82) is 0 Å². The minimum Gasteiger partial charge on any atom is -0.338 e. The first-order chi connectivity index (χ1) is 17.6. The van der Waals surface area contributed by atoms with Gasteiger partial charge in [-0.25, -0.2) is 9.97 Å². The fraction of sp³-hybridized carbons (Fsp3) is 0.444. The number of nitrogens with one attached hydrogen (secondary N) is 1. The van der Waals surface area contributed by atoms with E-state index in [2.05, 4.69) is 43.8 Å². The lowest BCUT2D eigenvalue weighted by Gasteiger charge is -2.35. The van der Waals surface area contributed by atoms with Gasteiger partial charge in [-0.2, -0.15) is 4.98 Å². The Kier molecular flexibility index (Phi) is 6.00. The third-order valence-electron chi connectivity index (χ3n) is 7.77. The number of likely N-dealkylation sites (tertiary alicyclic amines) is 1. The third-order valence-corrected chi connectivity index (χ3v) is 7.77. The number of fused-ring (bicyclic) bond motifs is 3. The highest BCUT2D eigenvalue weighted by Crippen LogP contribution is 2.37. The van der Waals surface area contributed by atoms with Crippen LogP contribution in [0.15, 0.2) is 43.0 Å². The Bertz CT molecular complexity index is 1380. The largest absolute Gasteiger partial charge is 0.338 e. The Morgan fingerprint density at radius 3 is 2.50 bits per heavy atom. The van der Waals surface area contributed by atoms with Crippen molar-refractivity contribution in [3.63, 3.8) is 0 Å². The molecule has 2 aliphatic rings. The van der Waals surface area contributed by atoms with Gasteiger partial charge in [0.15, 0.2) is 0 Å². The molecule has 1 amide bonds. The molecule has 0 spiro atoms. The Morgan fingerprint density at radius 2 is 1.78 bits per heavy atom. The van der Waals surface area contributed by atoms with Crippen molar-refractivity contribution >= 4 is 39.6 Å². The van der Waals surface area contributed by atoms with Gasteiger partial charge in [-0.3, -0.25) is 9.78 Å². The zero-order chi connectivity index (χ0) is 24.6. The summed E-state index contributed by atoms with van der Waals surface area (Å²) in [5.41, 5.74) is 2.64. The maximum absolute atomic E-state index is 13.0. The molecule has 0 atom stereocenters. The fourth-order valence-corrected chi connectivity index (χ4v) is 5.74. The monoisotopic (exact) mass is 484 g/mol. The van der Waals surface area contributed by atoms with Gasteiger partial charge in [0.25, 0.3) is 5.91 Å². The number of pyridine rings is 2. The highest BCUT2D eigenvalue weighted by Gasteiger charge is 2.25. The summed E-state index contributed by atoms with van der Waals surface area (Å²) in [5.74, 6) is 1.15. The standard InChI is InChI=1S/C27H32N8O/c1-33(2)19-10-13-34(14-11-19)26(36)18-7-8-24(29-15-18)31-27-30-16-22-21-9-12-28-17-23(21)35(25(22)32-27)20-5-3-4-6-20/h7-9,12,15-17,19-20H,3-6,10-11,13-14H2,1-2H3,(H,29,30,31,32). The molecule has 1 aliphatic heterocycles. The topological polar surface area (TPSA) is 92.1 Å². The van der Waals surface area contributed by atoms with Crippen LogP contribution < -0.4 is 5.32 Å². The van der Waals surface area contributed by atoms with Crippen molar-refractivity contribution in [2.75, 3.05) is 32.5 Å². The second kappa shape index (κ2) is 9.46. The number of nitrogens with zero attached hydrogens (tertiary/aromatic N) is 7. The molecule has 4 aromatic heterocycles. The van der Waals surface area contributed by atoms with Gasteiger partial charge in [-0.1, -0.05) is 12.8 Å². The number of piperidine rings is 1. The quantitative estimate of drug-likeness (QED) is 0.449. The van der Waals surface area contributed by atoms with E-state index in [1.165, 1.54) is 12.8 Å². The van der Waals surface area contributed by atoms with E-state index in [1.807, 2.05) is 41.7 Å². The number of amides is 1. The van der Waals surface area contributed by atoms with Crippen molar-refractivity contribution in [2.24, 2.45) is 0 Å². The SMILES string of the molecule is CN(C)C1CCN(C(=O)c2ccc(Nc3ncc4c5ccncc5n(C5CCCC5)c4n3)nc2)CC1. The van der Waals surface area contributed by atoms with Crippen LogP contribution in [-0.4, -0.2) is 73.4 Å². The van der Waals surface area contributed by atoms with Gasteiger partial charge in [0.05, 0.1) is 17.3 Å². The van der Waals surface area contributed by atoms with E-state index >= 15 is 0 Å². The van der Waals surface area contributed by atoms with Crippen molar-refractivity contribution in [1.82, 2.24) is 34.3 Å². The Morgan fingerprint density at radius 1 is 0.972 bits per heavy atom. The summed E-state index contributed by atoms with van der Waals surface area (Å²) < 4.78 is 2.34. The highest BCUT2D eigenvalue weighted by atomic mass is 16.2. The van der Waals surface area contributed by atoms with Crippen LogP contribution in [0.1, 0.15) is 54.9 Å². The molecule has 1 saturated carbocycles. The molecule has 4 aromatic rings. The van der Waals surface area contributed by atoms with Crippen LogP contribution in [0, 0.1) is 0 Å². The Balaban J connectivity index is 1.22. The summed E-state index contributed by atoms with van der Waals surface area (Å²) in [6.07, 6.45) is 14.1. The zero-order valence-electron chi connectivity index (χ0n) is 20.9. The van der Waals surface area contributed by atoms with Crippen LogP contribution >= 0.6 is 0 Å². The van der Waals surface area contributed by atoms with Crippen LogP contribution in [0.25, 0.3) is 21.9 Å². The summed E-state index contributed by atoms with van der Waals surface area (Å²) in [7, 11) is 4.20. The van der Waals surface area contributed by atoms with Gasteiger partial charge < -0.3 is 19.7 Å². The molecule has 5 heterocycles. The maximum atomic E-state index is 13.0. The van der Waals surface area contributed by atoms with Gasteiger partial charge in [0, 0.05) is 54.5 Å². The molecule has 0 unspecified atom stereocenters. The molecular weight excluding hydrogens is 452 g/mol. The van der Waals surface area contributed by atoms with Crippen molar-refractivity contribution in [3.8, 4) is 0 Å². The molecule has 0 aromatic carbocycles. The van der Waals surface area contributed by atoms with Crippen LogP contribution in [-0.2, 0) is 0 Å². The molecule has 1 aliphatic carbocycles. The number of carbonyl (C=O) groups is 1. The number of anilines is 2. The van der Waals surface area contributed by atoms with E-state index < -0.39 is 0 Å². The lowest BCUT2D eigenvalue weighted by molar-refractivity contribution is 0.0663. The van der Waals surface area contributed by atoms with Gasteiger partial charge in [0.1, 0.15) is 11.5 Å². The predicted octanol–water partition coefficient (Wildman–Crippen LogP) is 4.40. The van der Waals surface area contributed by atoms with Crippen molar-refractivity contribution < 1.29 is 4.79 Å². The maximum Gasteiger partial charge on any atom is 0.255 e. The van der Waals surface area contributed by atoms with Gasteiger partial charge in [0.2, 0.25) is 5.95 Å².